The highest BCUT2D eigenvalue weighted by Gasteiger charge is 2.31. The van der Waals surface area contributed by atoms with Crippen LogP contribution in [0.2, 0.25) is 0 Å². The Balaban J connectivity index is 2.44. The van der Waals surface area contributed by atoms with Crippen LogP contribution in [0.1, 0.15) is 0 Å². The van der Waals surface area contributed by atoms with Crippen molar-refractivity contribution < 1.29 is 16.8 Å². The number of aromatic amines is 1. The third kappa shape index (κ3) is 3.98. The van der Waals surface area contributed by atoms with Gasteiger partial charge in [0.2, 0.25) is 15.8 Å². The lowest BCUT2D eigenvalue weighted by Crippen LogP contribution is -2.22. The van der Waals surface area contributed by atoms with E-state index in [0.29, 0.717) is 5.56 Å². The number of nitrogens with two attached hydrogens (primary N) is 2. The Bertz CT molecular complexity index is 1300. The van der Waals surface area contributed by atoms with Crippen LogP contribution in [0.15, 0.2) is 40.3 Å². The van der Waals surface area contributed by atoms with E-state index >= 15 is 0 Å². The quantitative estimate of drug-likeness (QED) is 0.443. The van der Waals surface area contributed by atoms with Crippen molar-refractivity contribution in [3.05, 3.63) is 41.9 Å². The lowest BCUT2D eigenvalue weighted by molar-refractivity contribution is 0.583. The largest absolute Gasteiger partial charge is 0.361 e. The Hall–Kier alpha value is -3.25. The summed E-state index contributed by atoms with van der Waals surface area (Å²) in [5.41, 5.74) is 5.84. The standard InChI is InChI=1S/C15H14N8O4S2/c1-18-12-5-2-9(8-19-12)10-3-4-11(28(24,25)7-6-16)14(29(17,26)27)13(10)15-20-22-23-21-15/h2-5,8H,6-7,16H2,(H2,17,26,27)(H,20,21,22,23). The number of rotatable bonds is 6. The van der Waals surface area contributed by atoms with Gasteiger partial charge in [-0.2, -0.15) is 5.21 Å². The van der Waals surface area contributed by atoms with Gasteiger partial charge in [-0.3, -0.25) is 0 Å². The molecule has 0 saturated heterocycles. The van der Waals surface area contributed by atoms with Crippen LogP contribution in [0, 0.1) is 6.57 Å². The van der Waals surface area contributed by atoms with Gasteiger partial charge in [-0.25, -0.2) is 22.0 Å². The highest BCUT2D eigenvalue weighted by atomic mass is 32.2. The summed E-state index contributed by atoms with van der Waals surface area (Å²) in [5, 5.41) is 18.6. The first-order chi connectivity index (χ1) is 13.7. The average molecular weight is 434 g/mol. The molecule has 0 unspecified atom stereocenters. The van der Waals surface area contributed by atoms with Crippen molar-refractivity contribution in [2.24, 2.45) is 10.9 Å². The molecule has 0 aliphatic carbocycles. The molecule has 0 saturated carbocycles. The maximum Gasteiger partial charge on any atom is 0.269 e. The first-order valence-corrected chi connectivity index (χ1v) is 11.1. The van der Waals surface area contributed by atoms with Gasteiger partial charge in [0.15, 0.2) is 9.84 Å². The molecule has 2 heterocycles. The molecular formula is C15H14N8O4S2. The van der Waals surface area contributed by atoms with Crippen LogP contribution in [0.25, 0.3) is 27.4 Å². The minimum atomic E-state index is -4.55. The smallest absolute Gasteiger partial charge is 0.269 e. The molecule has 3 aromatic rings. The first kappa shape index (κ1) is 20.5. The summed E-state index contributed by atoms with van der Waals surface area (Å²) in [5.74, 6) is -0.534. The Morgan fingerprint density at radius 1 is 1.14 bits per heavy atom. The van der Waals surface area contributed by atoms with Gasteiger partial charge in [-0.05, 0) is 22.9 Å². The zero-order chi connectivity index (χ0) is 21.2. The monoisotopic (exact) mass is 434 g/mol. The summed E-state index contributed by atoms with van der Waals surface area (Å²) in [4.78, 5) is 5.97. The third-order valence-corrected chi connectivity index (χ3v) is 6.78. The van der Waals surface area contributed by atoms with Gasteiger partial charge in [0.05, 0.1) is 16.2 Å². The fourth-order valence-electron chi connectivity index (χ4n) is 2.70. The number of nitrogens with zero attached hydrogens (tertiary/aromatic N) is 5. The number of hydrogen-bond acceptors (Lipinski definition) is 9. The molecule has 0 bridgehead atoms. The molecule has 5 N–H and O–H groups in total. The van der Waals surface area contributed by atoms with Crippen LogP contribution in [0.5, 0.6) is 0 Å². The summed E-state index contributed by atoms with van der Waals surface area (Å²) in [6.07, 6.45) is 1.34. The van der Waals surface area contributed by atoms with E-state index in [1.54, 1.807) is 0 Å². The Labute approximate surface area is 165 Å². The zero-order valence-electron chi connectivity index (χ0n) is 14.6. The van der Waals surface area contributed by atoms with Gasteiger partial charge in [-0.15, -0.1) is 15.2 Å². The average Bonchev–Trinajstić information content (AvgIpc) is 3.20. The number of sulfone groups is 1. The molecule has 3 rings (SSSR count). The molecule has 1 aromatic carbocycles. The SMILES string of the molecule is [C-]#[N+]c1ccc(-c2ccc(S(=O)(=O)CCN)c(S(N)(=O)=O)c2-c2nn[nH]n2)cn1. The van der Waals surface area contributed by atoms with Gasteiger partial charge >= 0.3 is 0 Å². The number of H-pyrrole nitrogens is 1. The second-order valence-corrected chi connectivity index (χ2v) is 9.30. The number of benzene rings is 1. The summed E-state index contributed by atoms with van der Waals surface area (Å²) in [7, 11) is -8.62. The van der Waals surface area contributed by atoms with Crippen LogP contribution in [0.3, 0.4) is 0 Å². The van der Waals surface area contributed by atoms with E-state index in [1.165, 1.54) is 24.4 Å². The minimum Gasteiger partial charge on any atom is -0.361 e. The summed E-state index contributed by atoms with van der Waals surface area (Å²) >= 11 is 0. The van der Waals surface area contributed by atoms with Gasteiger partial charge in [0.1, 0.15) is 11.1 Å². The van der Waals surface area contributed by atoms with E-state index in [-0.39, 0.29) is 29.3 Å². The maximum atomic E-state index is 12.6. The molecule has 0 aliphatic rings. The molecule has 29 heavy (non-hydrogen) atoms. The van der Waals surface area contributed by atoms with Gasteiger partial charge < -0.3 is 10.6 Å². The number of sulfonamides is 1. The molecule has 0 radical (unpaired) electrons. The Morgan fingerprint density at radius 3 is 2.41 bits per heavy atom. The second-order valence-electron chi connectivity index (χ2n) is 5.72. The van der Waals surface area contributed by atoms with Crippen molar-refractivity contribution in [2.45, 2.75) is 9.79 Å². The number of aromatic nitrogens is 5. The van der Waals surface area contributed by atoms with E-state index in [9.17, 15) is 16.8 Å². The summed E-state index contributed by atoms with van der Waals surface area (Å²) in [6.45, 7) is 6.77. The van der Waals surface area contributed by atoms with Crippen molar-refractivity contribution in [3.63, 3.8) is 0 Å². The number of pyridine rings is 1. The highest BCUT2D eigenvalue weighted by molar-refractivity contribution is 7.93. The topological polar surface area (TPSA) is 192 Å². The number of tetrazole rings is 1. The van der Waals surface area contributed by atoms with Crippen LogP contribution in [-0.4, -0.2) is 54.7 Å². The van der Waals surface area contributed by atoms with E-state index < -0.39 is 35.4 Å². The Kier molecular flexibility index (Phi) is 5.40. The minimum absolute atomic E-state index is 0.128. The molecule has 0 spiro atoms. The van der Waals surface area contributed by atoms with Crippen molar-refractivity contribution in [2.75, 3.05) is 12.3 Å². The van der Waals surface area contributed by atoms with Crippen molar-refractivity contribution >= 4 is 25.7 Å². The van der Waals surface area contributed by atoms with Crippen LogP contribution in [-0.2, 0) is 19.9 Å². The lowest BCUT2D eigenvalue weighted by atomic mass is 10.0. The molecule has 150 valence electrons. The highest BCUT2D eigenvalue weighted by Crippen LogP contribution is 2.38. The fraction of sp³-hybridized carbons (Fsp3) is 0.133. The number of primary sulfonamides is 1. The predicted octanol–water partition coefficient (Wildman–Crippen LogP) is -0.141. The molecule has 0 aliphatic heterocycles. The third-order valence-electron chi connectivity index (χ3n) is 3.87. The molecule has 0 atom stereocenters. The van der Waals surface area contributed by atoms with Crippen LogP contribution < -0.4 is 10.9 Å². The maximum absolute atomic E-state index is 12.6. The van der Waals surface area contributed by atoms with Crippen molar-refractivity contribution in [1.29, 1.82) is 0 Å². The van der Waals surface area contributed by atoms with E-state index in [1.807, 2.05) is 0 Å². The predicted molar refractivity (Wildman–Crippen MR) is 102 cm³/mol. The number of hydrogen-bond donors (Lipinski definition) is 3. The van der Waals surface area contributed by atoms with Crippen molar-refractivity contribution in [1.82, 2.24) is 25.6 Å². The molecular weight excluding hydrogens is 420 g/mol. The van der Waals surface area contributed by atoms with E-state index in [0.717, 1.165) is 6.07 Å². The van der Waals surface area contributed by atoms with Gasteiger partial charge in [0, 0.05) is 12.1 Å². The van der Waals surface area contributed by atoms with Gasteiger partial charge in [0.25, 0.3) is 5.82 Å². The lowest BCUT2D eigenvalue weighted by Gasteiger charge is -2.15. The number of nitrogens with one attached hydrogen (secondary N) is 1. The Morgan fingerprint density at radius 2 is 1.90 bits per heavy atom. The van der Waals surface area contributed by atoms with E-state index in [2.05, 4.69) is 30.5 Å². The van der Waals surface area contributed by atoms with E-state index in [4.69, 9.17) is 17.4 Å². The molecule has 0 amide bonds. The zero-order valence-corrected chi connectivity index (χ0v) is 16.3. The molecule has 0 fully saturated rings. The first-order valence-electron chi connectivity index (χ1n) is 7.89. The summed E-state index contributed by atoms with van der Waals surface area (Å²) < 4.78 is 50.2. The van der Waals surface area contributed by atoms with Crippen LogP contribution >= 0.6 is 0 Å². The van der Waals surface area contributed by atoms with Gasteiger partial charge in [-0.1, -0.05) is 18.7 Å². The molecule has 14 heteroatoms. The van der Waals surface area contributed by atoms with Crippen molar-refractivity contribution in [3.8, 4) is 22.5 Å². The second kappa shape index (κ2) is 7.64. The van der Waals surface area contributed by atoms with Crippen LogP contribution in [0.4, 0.5) is 5.82 Å². The summed E-state index contributed by atoms with van der Waals surface area (Å²) in [6, 6.07) is 5.48. The fourth-order valence-corrected chi connectivity index (χ4v) is 5.45. The normalized spacial score (nSPS) is 11.9. The molecule has 2 aromatic heterocycles. The molecule has 12 nitrogen and oxygen atoms in total.